The molecule has 1 amide bonds. The second-order valence-corrected chi connectivity index (χ2v) is 9.42. The van der Waals surface area contributed by atoms with Crippen molar-refractivity contribution in [2.24, 2.45) is 7.05 Å². The van der Waals surface area contributed by atoms with Crippen LogP contribution in [0.4, 0.5) is 21.6 Å². The number of nitrogens with two attached hydrogens (primary N) is 1. The van der Waals surface area contributed by atoms with Crippen LogP contribution in [0.15, 0.2) is 41.2 Å². The Morgan fingerprint density at radius 2 is 2.03 bits per heavy atom. The molecule has 1 heterocycles. The largest absolute Gasteiger partial charge is 0.454 e. The lowest BCUT2D eigenvalue weighted by Crippen LogP contribution is -2.31. The number of rotatable bonds is 6. The third-order valence-electron chi connectivity index (χ3n) is 5.29. The Morgan fingerprint density at radius 1 is 1.30 bits per heavy atom. The summed E-state index contributed by atoms with van der Waals surface area (Å²) in [6.07, 6.45) is 1.73. The van der Waals surface area contributed by atoms with Gasteiger partial charge < -0.3 is 21.1 Å². The van der Waals surface area contributed by atoms with E-state index in [4.69, 9.17) is 22.1 Å². The van der Waals surface area contributed by atoms with Gasteiger partial charge in [-0.15, -0.1) is 0 Å². The lowest BCUT2D eigenvalue weighted by atomic mass is 10.1. The van der Waals surface area contributed by atoms with Gasteiger partial charge in [-0.3, -0.25) is 14.2 Å². The summed E-state index contributed by atoms with van der Waals surface area (Å²) in [5.41, 5.74) is 6.14. The van der Waals surface area contributed by atoms with E-state index in [1.54, 1.807) is 37.3 Å². The quantitative estimate of drug-likeness (QED) is 0.278. The van der Waals surface area contributed by atoms with Gasteiger partial charge in [0, 0.05) is 16.7 Å². The predicted octanol–water partition coefficient (Wildman–Crippen LogP) is 5.10. The Kier molecular flexibility index (Phi) is 6.53. The number of aromatic nitrogens is 1. The van der Waals surface area contributed by atoms with E-state index in [9.17, 15) is 14.0 Å². The highest BCUT2D eigenvalue weighted by Crippen LogP contribution is 2.38. The number of nitrogens with one attached hydrogen (secondary N) is 2. The van der Waals surface area contributed by atoms with Crippen molar-refractivity contribution in [2.45, 2.75) is 25.8 Å². The van der Waals surface area contributed by atoms with Crippen LogP contribution >= 0.6 is 34.2 Å². The number of benzene rings is 2. The van der Waals surface area contributed by atoms with Crippen LogP contribution in [-0.4, -0.2) is 16.5 Å². The van der Waals surface area contributed by atoms with Crippen LogP contribution in [0, 0.1) is 16.3 Å². The van der Waals surface area contributed by atoms with Crippen molar-refractivity contribution in [2.75, 3.05) is 11.1 Å². The maximum Gasteiger partial charge on any atom is 0.259 e. The molecule has 0 unspecified atom stereocenters. The first-order chi connectivity index (χ1) is 15.7. The van der Waals surface area contributed by atoms with Gasteiger partial charge in [0.05, 0.1) is 16.9 Å². The first-order valence-electron chi connectivity index (χ1n) is 10.2. The van der Waals surface area contributed by atoms with Crippen molar-refractivity contribution in [3.63, 3.8) is 0 Å². The van der Waals surface area contributed by atoms with Crippen LogP contribution in [0.2, 0.25) is 5.02 Å². The first kappa shape index (κ1) is 23.4. The third kappa shape index (κ3) is 4.79. The number of halogens is 3. The smallest absolute Gasteiger partial charge is 0.259 e. The molecule has 7 nitrogen and oxygen atoms in total. The average molecular weight is 583 g/mol. The molecule has 1 aliphatic carbocycles. The fraction of sp³-hybridized carbons (Fsp3) is 0.217. The summed E-state index contributed by atoms with van der Waals surface area (Å²) in [7, 11) is 1.51. The summed E-state index contributed by atoms with van der Waals surface area (Å²) in [6, 6.07) is 9.50. The predicted molar refractivity (Wildman–Crippen MR) is 135 cm³/mol. The topological polar surface area (TPSA) is 98.4 Å². The molecule has 0 bridgehead atoms. The number of nitrogens with zero attached hydrogens (tertiary/aromatic N) is 1. The van der Waals surface area contributed by atoms with Crippen molar-refractivity contribution in [1.82, 2.24) is 9.88 Å². The number of hydrogen-bond acceptors (Lipinski definition) is 5. The number of amides is 1. The van der Waals surface area contributed by atoms with Crippen molar-refractivity contribution in [3.8, 4) is 11.5 Å². The zero-order valence-electron chi connectivity index (χ0n) is 17.8. The molecule has 4 rings (SSSR count). The van der Waals surface area contributed by atoms with Crippen LogP contribution in [0.3, 0.4) is 0 Å². The van der Waals surface area contributed by atoms with Crippen LogP contribution in [0.1, 0.15) is 28.8 Å². The Morgan fingerprint density at radius 3 is 2.70 bits per heavy atom. The molecule has 33 heavy (non-hydrogen) atoms. The zero-order valence-corrected chi connectivity index (χ0v) is 20.8. The van der Waals surface area contributed by atoms with Gasteiger partial charge in [0.2, 0.25) is 0 Å². The lowest BCUT2D eigenvalue weighted by molar-refractivity contribution is 0.0949. The summed E-state index contributed by atoms with van der Waals surface area (Å²) in [5.74, 6) is -0.652. The molecule has 4 N–H and O–H groups in total. The molecule has 1 fully saturated rings. The summed E-state index contributed by atoms with van der Waals surface area (Å²) in [4.78, 5) is 26.4. The van der Waals surface area contributed by atoms with Gasteiger partial charge in [-0.2, -0.15) is 0 Å². The second-order valence-electron chi connectivity index (χ2n) is 7.80. The summed E-state index contributed by atoms with van der Waals surface area (Å²) in [5, 5.41) is 5.99. The van der Waals surface area contributed by atoms with Crippen molar-refractivity contribution >= 4 is 57.3 Å². The molecule has 172 valence electrons. The molecule has 0 spiro atoms. The zero-order chi connectivity index (χ0) is 23.9. The number of nitrogen functional groups attached to an aromatic ring is 1. The monoisotopic (exact) mass is 582 g/mol. The number of carbonyl (C=O) groups excluding carboxylic acids is 1. The summed E-state index contributed by atoms with van der Waals surface area (Å²) >= 11 is 8.30. The SMILES string of the molecule is Cc1c(Oc2cccc(N)c2Cl)c(C(=O)NC2CC2)c(Nc2ccc(I)cc2F)n(C)c1=O. The Bertz CT molecular complexity index is 1320. The van der Waals surface area contributed by atoms with E-state index in [-0.39, 0.29) is 45.2 Å². The van der Waals surface area contributed by atoms with Gasteiger partial charge in [-0.1, -0.05) is 17.7 Å². The second kappa shape index (κ2) is 9.22. The number of pyridine rings is 1. The minimum Gasteiger partial charge on any atom is -0.454 e. The Labute approximate surface area is 208 Å². The van der Waals surface area contributed by atoms with E-state index in [0.717, 1.165) is 12.8 Å². The molecule has 1 aromatic heterocycles. The van der Waals surface area contributed by atoms with E-state index < -0.39 is 17.3 Å². The van der Waals surface area contributed by atoms with E-state index in [0.29, 0.717) is 9.26 Å². The molecule has 3 aromatic rings. The maximum atomic E-state index is 14.6. The van der Waals surface area contributed by atoms with E-state index in [1.165, 1.54) is 17.7 Å². The van der Waals surface area contributed by atoms with Crippen molar-refractivity contribution in [1.29, 1.82) is 0 Å². The van der Waals surface area contributed by atoms with Gasteiger partial charge in [0.1, 0.15) is 28.0 Å². The number of carbonyl (C=O) groups is 1. The lowest BCUT2D eigenvalue weighted by Gasteiger charge is -2.21. The van der Waals surface area contributed by atoms with Crippen LogP contribution in [0.25, 0.3) is 0 Å². The Hall–Kier alpha value is -2.79. The fourth-order valence-corrected chi connectivity index (χ4v) is 3.94. The molecular weight excluding hydrogens is 562 g/mol. The third-order valence-corrected chi connectivity index (χ3v) is 6.37. The van der Waals surface area contributed by atoms with E-state index in [2.05, 4.69) is 10.6 Å². The highest BCUT2D eigenvalue weighted by Gasteiger charge is 2.31. The average Bonchev–Trinajstić information content (AvgIpc) is 3.58. The van der Waals surface area contributed by atoms with Crippen LogP contribution in [0.5, 0.6) is 11.5 Å². The normalized spacial score (nSPS) is 13.0. The van der Waals surface area contributed by atoms with Gasteiger partial charge in [0.15, 0.2) is 5.75 Å². The van der Waals surface area contributed by atoms with Gasteiger partial charge in [-0.25, -0.2) is 4.39 Å². The first-order valence-corrected chi connectivity index (χ1v) is 11.6. The number of anilines is 3. The maximum absolute atomic E-state index is 14.6. The number of hydrogen-bond donors (Lipinski definition) is 3. The Balaban J connectivity index is 1.91. The fourth-order valence-electron chi connectivity index (χ4n) is 3.32. The van der Waals surface area contributed by atoms with Crippen molar-refractivity contribution in [3.05, 3.63) is 72.3 Å². The molecule has 0 aliphatic heterocycles. The molecule has 0 atom stereocenters. The summed E-state index contributed by atoms with van der Waals surface area (Å²) in [6.45, 7) is 1.56. The van der Waals surface area contributed by atoms with Crippen LogP contribution < -0.4 is 26.7 Å². The van der Waals surface area contributed by atoms with Gasteiger partial charge in [0.25, 0.3) is 11.5 Å². The van der Waals surface area contributed by atoms with E-state index in [1.807, 2.05) is 22.6 Å². The van der Waals surface area contributed by atoms with Crippen LogP contribution in [-0.2, 0) is 7.05 Å². The molecule has 1 aliphatic rings. The minimum atomic E-state index is -0.523. The minimum absolute atomic E-state index is 0.0252. The molecular formula is C23H21ClFIN4O3. The van der Waals surface area contributed by atoms with Crippen molar-refractivity contribution < 1.29 is 13.9 Å². The van der Waals surface area contributed by atoms with Gasteiger partial charge >= 0.3 is 0 Å². The molecule has 2 aromatic carbocycles. The molecule has 1 saturated carbocycles. The standard InChI is InChI=1S/C23H21ClFIN4O3/c1-11-20(33-17-5-3-4-15(27)19(17)24)18(22(31)28-13-7-8-13)21(30(2)23(11)32)29-16-9-6-12(26)10-14(16)25/h3-6,9-10,13,29H,7-8,27H2,1-2H3,(H,28,31). The molecule has 10 heteroatoms. The van der Waals surface area contributed by atoms with Gasteiger partial charge in [-0.05, 0) is 72.7 Å². The van der Waals surface area contributed by atoms with E-state index >= 15 is 0 Å². The highest BCUT2D eigenvalue weighted by atomic mass is 127. The highest BCUT2D eigenvalue weighted by molar-refractivity contribution is 14.1. The number of ether oxygens (including phenoxy) is 1. The molecule has 0 radical (unpaired) electrons. The summed E-state index contributed by atoms with van der Waals surface area (Å²) < 4.78 is 22.6. The molecule has 0 saturated heterocycles.